The van der Waals surface area contributed by atoms with Gasteiger partial charge in [0.15, 0.2) is 0 Å². The van der Waals surface area contributed by atoms with Crippen LogP contribution in [0.25, 0.3) is 0 Å². The fourth-order valence-electron chi connectivity index (χ4n) is 2.39. The normalized spacial score (nSPS) is 16.9. The van der Waals surface area contributed by atoms with E-state index in [1.807, 2.05) is 24.3 Å². The predicted molar refractivity (Wildman–Crippen MR) is 75.5 cm³/mol. The molecule has 122 valence electrons. The van der Waals surface area contributed by atoms with Crippen molar-refractivity contribution in [1.82, 2.24) is 9.80 Å². The molecular formula is C15H19F3N2O2. The van der Waals surface area contributed by atoms with Crippen LogP contribution in [0.4, 0.5) is 13.2 Å². The highest BCUT2D eigenvalue weighted by Crippen LogP contribution is 2.21. The summed E-state index contributed by atoms with van der Waals surface area (Å²) in [6, 6.07) is 7.41. The van der Waals surface area contributed by atoms with Gasteiger partial charge in [-0.2, -0.15) is 13.2 Å². The first-order chi connectivity index (χ1) is 10.4. The van der Waals surface area contributed by atoms with Crippen LogP contribution >= 0.6 is 0 Å². The molecule has 1 heterocycles. The lowest BCUT2D eigenvalue weighted by Crippen LogP contribution is -2.50. The van der Waals surface area contributed by atoms with Crippen LogP contribution in [-0.4, -0.2) is 55.2 Å². The van der Waals surface area contributed by atoms with Gasteiger partial charge < -0.3 is 9.64 Å². The van der Waals surface area contributed by atoms with Crippen molar-refractivity contribution in [2.75, 3.05) is 33.3 Å². The maximum atomic E-state index is 12.2. The molecule has 0 aromatic heterocycles. The van der Waals surface area contributed by atoms with Gasteiger partial charge in [-0.05, 0) is 17.7 Å². The molecule has 1 aromatic carbocycles. The van der Waals surface area contributed by atoms with Crippen LogP contribution in [0.1, 0.15) is 12.0 Å². The molecule has 0 radical (unpaired) electrons. The Morgan fingerprint density at radius 2 is 2.05 bits per heavy atom. The van der Waals surface area contributed by atoms with Crippen molar-refractivity contribution in [3.05, 3.63) is 29.8 Å². The molecule has 0 unspecified atom stereocenters. The molecule has 0 aliphatic carbocycles. The molecule has 4 nitrogen and oxygen atoms in total. The van der Waals surface area contributed by atoms with Crippen molar-refractivity contribution in [3.63, 3.8) is 0 Å². The topological polar surface area (TPSA) is 32.8 Å². The van der Waals surface area contributed by atoms with E-state index in [9.17, 15) is 18.0 Å². The lowest BCUT2D eigenvalue weighted by atomic mass is 10.2. The fraction of sp³-hybridized carbons (Fsp3) is 0.533. The number of ether oxygens (including phenoxy) is 1. The van der Waals surface area contributed by atoms with Crippen LogP contribution in [0.3, 0.4) is 0 Å². The highest BCUT2D eigenvalue weighted by atomic mass is 19.4. The van der Waals surface area contributed by atoms with Crippen LogP contribution in [0.15, 0.2) is 24.3 Å². The molecule has 1 aliphatic rings. The Morgan fingerprint density at radius 3 is 2.68 bits per heavy atom. The maximum Gasteiger partial charge on any atom is 0.390 e. The summed E-state index contributed by atoms with van der Waals surface area (Å²) < 4.78 is 41.8. The molecule has 0 atom stereocenters. The zero-order valence-corrected chi connectivity index (χ0v) is 12.4. The lowest BCUT2D eigenvalue weighted by molar-refractivity contribution is -0.146. The minimum atomic E-state index is -4.18. The average molecular weight is 316 g/mol. The SMILES string of the molecule is COc1cccc(CN2CCN(CCC(F)(F)F)CC2=O)c1. The third-order valence-corrected chi connectivity index (χ3v) is 3.62. The summed E-state index contributed by atoms with van der Waals surface area (Å²) in [4.78, 5) is 15.3. The number of amides is 1. The van der Waals surface area contributed by atoms with Crippen molar-refractivity contribution in [2.45, 2.75) is 19.1 Å². The van der Waals surface area contributed by atoms with E-state index in [0.717, 1.165) is 5.56 Å². The molecular weight excluding hydrogens is 297 g/mol. The molecule has 7 heteroatoms. The summed E-state index contributed by atoms with van der Waals surface area (Å²) in [6.45, 7) is 1.27. The van der Waals surface area contributed by atoms with Gasteiger partial charge in [-0.3, -0.25) is 9.69 Å². The van der Waals surface area contributed by atoms with Gasteiger partial charge in [0.2, 0.25) is 5.91 Å². The smallest absolute Gasteiger partial charge is 0.390 e. The molecule has 1 amide bonds. The molecule has 1 fully saturated rings. The van der Waals surface area contributed by atoms with Gasteiger partial charge in [0.1, 0.15) is 5.75 Å². The number of carbonyl (C=O) groups excluding carboxylic acids is 1. The van der Waals surface area contributed by atoms with E-state index in [-0.39, 0.29) is 19.0 Å². The van der Waals surface area contributed by atoms with Gasteiger partial charge in [0.05, 0.1) is 20.1 Å². The first-order valence-electron chi connectivity index (χ1n) is 7.07. The molecule has 0 N–H and O–H groups in total. The Kier molecular flexibility index (Phi) is 5.28. The number of hydrogen-bond donors (Lipinski definition) is 0. The molecule has 22 heavy (non-hydrogen) atoms. The summed E-state index contributed by atoms with van der Waals surface area (Å²) in [5.74, 6) is 0.574. The van der Waals surface area contributed by atoms with Crippen molar-refractivity contribution >= 4 is 5.91 Å². The second-order valence-electron chi connectivity index (χ2n) is 5.31. The van der Waals surface area contributed by atoms with E-state index in [1.165, 1.54) is 0 Å². The van der Waals surface area contributed by atoms with Crippen molar-refractivity contribution < 1.29 is 22.7 Å². The summed E-state index contributed by atoms with van der Waals surface area (Å²) in [6.07, 6.45) is -5.06. The minimum absolute atomic E-state index is 0.0417. The number of rotatable bonds is 5. The first kappa shape index (κ1) is 16.6. The first-order valence-corrected chi connectivity index (χ1v) is 7.07. The Bertz CT molecular complexity index is 520. The van der Waals surface area contributed by atoms with Gasteiger partial charge in [-0.25, -0.2) is 0 Å². The number of piperazine rings is 1. The summed E-state index contributed by atoms with van der Waals surface area (Å²) in [5.41, 5.74) is 0.941. The highest BCUT2D eigenvalue weighted by molar-refractivity contribution is 5.79. The van der Waals surface area contributed by atoms with Gasteiger partial charge in [0, 0.05) is 26.2 Å². The van der Waals surface area contributed by atoms with E-state index >= 15 is 0 Å². The second kappa shape index (κ2) is 7.00. The van der Waals surface area contributed by atoms with Crippen molar-refractivity contribution in [3.8, 4) is 5.75 Å². The predicted octanol–water partition coefficient (Wildman–Crippen LogP) is 2.29. The third-order valence-electron chi connectivity index (χ3n) is 3.62. The summed E-state index contributed by atoms with van der Waals surface area (Å²) >= 11 is 0. The Balaban J connectivity index is 1.86. The van der Waals surface area contributed by atoms with Gasteiger partial charge >= 0.3 is 6.18 Å². The van der Waals surface area contributed by atoms with Crippen molar-refractivity contribution in [1.29, 1.82) is 0 Å². The standard InChI is InChI=1S/C15H19F3N2O2/c1-22-13-4-2-3-12(9-13)10-20-8-7-19(11-14(20)21)6-5-15(16,17)18/h2-4,9H,5-8,10-11H2,1H3. The van der Waals surface area contributed by atoms with Crippen LogP contribution in [0.2, 0.25) is 0 Å². The average Bonchev–Trinajstić information content (AvgIpc) is 2.47. The van der Waals surface area contributed by atoms with E-state index < -0.39 is 12.6 Å². The highest BCUT2D eigenvalue weighted by Gasteiger charge is 2.30. The zero-order valence-electron chi connectivity index (χ0n) is 12.4. The van der Waals surface area contributed by atoms with Crippen molar-refractivity contribution in [2.24, 2.45) is 0 Å². The molecule has 1 aromatic rings. The maximum absolute atomic E-state index is 12.2. The molecule has 2 rings (SSSR count). The van der Waals surface area contributed by atoms with Crippen LogP contribution in [-0.2, 0) is 11.3 Å². The molecule has 1 aliphatic heterocycles. The fourth-order valence-corrected chi connectivity index (χ4v) is 2.39. The van der Waals surface area contributed by atoms with E-state index in [1.54, 1.807) is 16.9 Å². The zero-order chi connectivity index (χ0) is 16.2. The quantitative estimate of drug-likeness (QED) is 0.835. The van der Waals surface area contributed by atoms with Crippen LogP contribution < -0.4 is 4.74 Å². The Morgan fingerprint density at radius 1 is 1.27 bits per heavy atom. The molecule has 0 spiro atoms. The molecule has 1 saturated heterocycles. The van der Waals surface area contributed by atoms with E-state index in [2.05, 4.69) is 0 Å². The van der Waals surface area contributed by atoms with E-state index in [4.69, 9.17) is 4.74 Å². The number of methoxy groups -OCH3 is 1. The second-order valence-corrected chi connectivity index (χ2v) is 5.31. The third kappa shape index (κ3) is 4.91. The minimum Gasteiger partial charge on any atom is -0.497 e. The van der Waals surface area contributed by atoms with Gasteiger partial charge in [0.25, 0.3) is 0 Å². The molecule has 0 saturated carbocycles. The Hall–Kier alpha value is -1.76. The number of benzene rings is 1. The molecule has 0 bridgehead atoms. The number of alkyl halides is 3. The summed E-state index contributed by atoms with van der Waals surface area (Å²) in [7, 11) is 1.57. The largest absolute Gasteiger partial charge is 0.497 e. The number of nitrogens with zero attached hydrogens (tertiary/aromatic N) is 2. The number of carbonyl (C=O) groups is 1. The van der Waals surface area contributed by atoms with Crippen LogP contribution in [0.5, 0.6) is 5.75 Å². The van der Waals surface area contributed by atoms with Crippen LogP contribution in [0, 0.1) is 0 Å². The van der Waals surface area contributed by atoms with E-state index in [0.29, 0.717) is 25.4 Å². The van der Waals surface area contributed by atoms with Gasteiger partial charge in [-0.1, -0.05) is 12.1 Å². The monoisotopic (exact) mass is 316 g/mol. The Labute approximate surface area is 127 Å². The lowest BCUT2D eigenvalue weighted by Gasteiger charge is -2.34. The van der Waals surface area contributed by atoms with Gasteiger partial charge in [-0.15, -0.1) is 0 Å². The number of halogens is 3. The number of hydrogen-bond acceptors (Lipinski definition) is 3. The summed E-state index contributed by atoms with van der Waals surface area (Å²) in [5, 5.41) is 0.